The fourth-order valence-corrected chi connectivity index (χ4v) is 4.74. The first-order valence-corrected chi connectivity index (χ1v) is 11.9. The number of pyridine rings is 2. The maximum Gasteiger partial charge on any atom is 0.294 e. The molecule has 162 valence electrons. The molecule has 4 N–H and O–H groups in total. The minimum atomic E-state index is -4.52. The lowest BCUT2D eigenvalue weighted by Crippen LogP contribution is -2.10. The molecule has 0 fully saturated rings. The van der Waals surface area contributed by atoms with E-state index in [1.165, 1.54) is 18.2 Å². The van der Waals surface area contributed by atoms with Gasteiger partial charge in [-0.3, -0.25) is 18.7 Å². The fourth-order valence-electron chi connectivity index (χ4n) is 3.72. The predicted molar refractivity (Wildman–Crippen MR) is 117 cm³/mol. The lowest BCUT2D eigenvalue weighted by molar-refractivity contribution is 0.481. The lowest BCUT2D eigenvalue weighted by atomic mass is 10.1. The van der Waals surface area contributed by atoms with Crippen molar-refractivity contribution in [1.82, 2.24) is 9.97 Å². The van der Waals surface area contributed by atoms with Crippen LogP contribution in [0.2, 0.25) is 0 Å². The average Bonchev–Trinajstić information content (AvgIpc) is 2.71. The van der Waals surface area contributed by atoms with Crippen LogP contribution in [0.4, 0.5) is 0 Å². The molecule has 0 unspecified atom stereocenters. The van der Waals surface area contributed by atoms with Gasteiger partial charge in [0.05, 0.1) is 20.8 Å². The highest BCUT2D eigenvalue weighted by atomic mass is 32.2. The van der Waals surface area contributed by atoms with Gasteiger partial charge in [-0.15, -0.1) is 0 Å². The quantitative estimate of drug-likeness (QED) is 0.223. The fraction of sp³-hybridized carbons (Fsp3) is 0. The third kappa shape index (κ3) is 3.08. The van der Waals surface area contributed by atoms with Crippen molar-refractivity contribution >= 4 is 63.8 Å². The first kappa shape index (κ1) is 20.3. The lowest BCUT2D eigenvalue weighted by Gasteiger charge is -2.08. The topological polar surface area (TPSA) is 174 Å². The molecule has 0 atom stereocenters. The normalized spacial score (nSPS) is 12.8. The van der Waals surface area contributed by atoms with Gasteiger partial charge in [-0.1, -0.05) is 0 Å². The van der Waals surface area contributed by atoms with Crippen molar-refractivity contribution in [2.24, 2.45) is 0 Å². The molecule has 0 saturated carbocycles. The SMILES string of the molecule is O=c1c2cc(S(=O)(=O)O)ccc2[nH]c2cc3[nH]c4ccc(S(=O)(=O)O)cc4c(=O)c3cc12. The number of nitrogens with one attached hydrogen (secondary N) is 2. The molecule has 0 radical (unpaired) electrons. The molecule has 10 nitrogen and oxygen atoms in total. The minimum absolute atomic E-state index is 0.00199. The third-order valence-electron chi connectivity index (χ3n) is 5.25. The molecule has 2 aromatic heterocycles. The molecule has 0 aliphatic rings. The van der Waals surface area contributed by atoms with Crippen molar-refractivity contribution in [3.63, 3.8) is 0 Å². The summed E-state index contributed by atoms with van der Waals surface area (Å²) >= 11 is 0. The van der Waals surface area contributed by atoms with Crippen LogP contribution in [-0.2, 0) is 20.2 Å². The van der Waals surface area contributed by atoms with E-state index in [-0.39, 0.29) is 21.5 Å². The first-order chi connectivity index (χ1) is 14.9. The Morgan fingerprint density at radius 2 is 0.906 bits per heavy atom. The highest BCUT2D eigenvalue weighted by molar-refractivity contribution is 7.86. The number of fused-ring (bicyclic) bond motifs is 4. The summed E-state index contributed by atoms with van der Waals surface area (Å²) in [7, 11) is -9.05. The van der Waals surface area contributed by atoms with Gasteiger partial charge < -0.3 is 9.97 Å². The second kappa shape index (κ2) is 6.46. The Morgan fingerprint density at radius 3 is 1.28 bits per heavy atom. The Kier molecular flexibility index (Phi) is 4.11. The molecule has 0 saturated heterocycles. The van der Waals surface area contributed by atoms with E-state index in [4.69, 9.17) is 0 Å². The molecule has 3 aromatic carbocycles. The Balaban J connectivity index is 1.90. The maximum atomic E-state index is 13.1. The average molecular weight is 472 g/mol. The molecule has 0 aliphatic carbocycles. The van der Waals surface area contributed by atoms with Crippen LogP contribution in [0, 0.1) is 0 Å². The molecule has 0 amide bonds. The Hall–Kier alpha value is -3.58. The molecular weight excluding hydrogens is 460 g/mol. The summed E-state index contributed by atoms with van der Waals surface area (Å²) in [6, 6.07) is 9.95. The van der Waals surface area contributed by atoms with E-state index >= 15 is 0 Å². The Labute approximate surface area is 178 Å². The number of hydrogen-bond donors (Lipinski definition) is 4. The largest absolute Gasteiger partial charge is 0.354 e. The van der Waals surface area contributed by atoms with Gasteiger partial charge in [0, 0.05) is 32.6 Å². The summed E-state index contributed by atoms with van der Waals surface area (Å²) < 4.78 is 64.3. The van der Waals surface area contributed by atoms with E-state index in [0.29, 0.717) is 22.1 Å². The molecule has 0 bridgehead atoms. The second-order valence-corrected chi connectivity index (χ2v) is 10.1. The van der Waals surface area contributed by atoms with Gasteiger partial charge in [-0.2, -0.15) is 16.8 Å². The molecule has 32 heavy (non-hydrogen) atoms. The summed E-state index contributed by atoms with van der Waals surface area (Å²) in [6.45, 7) is 0. The highest BCUT2D eigenvalue weighted by Crippen LogP contribution is 2.24. The van der Waals surface area contributed by atoms with Crippen LogP contribution >= 0.6 is 0 Å². The highest BCUT2D eigenvalue weighted by Gasteiger charge is 2.16. The molecule has 5 aromatic rings. The third-order valence-corrected chi connectivity index (χ3v) is 6.95. The van der Waals surface area contributed by atoms with Crippen molar-refractivity contribution < 1.29 is 25.9 Å². The van der Waals surface area contributed by atoms with Crippen molar-refractivity contribution in [1.29, 1.82) is 0 Å². The van der Waals surface area contributed by atoms with E-state index in [2.05, 4.69) is 9.97 Å². The molecule has 0 aliphatic heterocycles. The molecule has 12 heteroatoms. The van der Waals surface area contributed by atoms with Gasteiger partial charge in [0.25, 0.3) is 20.2 Å². The number of aromatic nitrogens is 2. The van der Waals surface area contributed by atoms with Crippen LogP contribution in [0.5, 0.6) is 0 Å². The number of rotatable bonds is 2. The minimum Gasteiger partial charge on any atom is -0.354 e. The summed E-state index contributed by atoms with van der Waals surface area (Å²) in [6.07, 6.45) is 0. The molecule has 0 spiro atoms. The zero-order valence-corrected chi connectivity index (χ0v) is 17.4. The van der Waals surface area contributed by atoms with Crippen LogP contribution < -0.4 is 10.9 Å². The zero-order valence-electron chi connectivity index (χ0n) is 15.8. The maximum absolute atomic E-state index is 13.1. The number of hydrogen-bond acceptors (Lipinski definition) is 6. The molecular formula is C20H12N2O8S2. The van der Waals surface area contributed by atoms with E-state index < -0.39 is 40.9 Å². The number of benzene rings is 3. The monoisotopic (exact) mass is 472 g/mol. The number of H-pyrrole nitrogens is 2. The van der Waals surface area contributed by atoms with Gasteiger partial charge >= 0.3 is 0 Å². The van der Waals surface area contributed by atoms with Crippen molar-refractivity contribution in [3.05, 3.63) is 69.0 Å². The smallest absolute Gasteiger partial charge is 0.294 e. The van der Waals surface area contributed by atoms with Gasteiger partial charge in [0.2, 0.25) is 0 Å². The Bertz CT molecular complexity index is 1830. The first-order valence-electron chi connectivity index (χ1n) is 8.98. The van der Waals surface area contributed by atoms with Crippen LogP contribution in [0.1, 0.15) is 0 Å². The summed E-state index contributed by atoms with van der Waals surface area (Å²) in [5.41, 5.74) is 0.281. The van der Waals surface area contributed by atoms with Gasteiger partial charge in [0.1, 0.15) is 0 Å². The van der Waals surface area contributed by atoms with Gasteiger partial charge in [-0.05, 0) is 48.5 Å². The van der Waals surface area contributed by atoms with Crippen LogP contribution in [0.25, 0.3) is 43.6 Å². The van der Waals surface area contributed by atoms with Crippen molar-refractivity contribution in [2.75, 3.05) is 0 Å². The van der Waals surface area contributed by atoms with Crippen LogP contribution in [0.3, 0.4) is 0 Å². The molecule has 5 rings (SSSR count). The predicted octanol–water partition coefficient (Wildman–Crippen LogP) is 2.17. The van der Waals surface area contributed by atoms with Crippen LogP contribution in [0.15, 0.2) is 67.9 Å². The summed E-state index contributed by atoms with van der Waals surface area (Å²) in [5.74, 6) is 0. The van der Waals surface area contributed by atoms with Crippen LogP contribution in [-0.4, -0.2) is 35.9 Å². The Morgan fingerprint density at radius 1 is 0.531 bits per heavy atom. The van der Waals surface area contributed by atoms with E-state index in [0.717, 1.165) is 24.3 Å². The standard InChI is InChI=1S/C20H12N2O8S2/c23-19-11-5-9(31(25,26)27)1-3-15(11)21-17-8-18-14(7-13(17)19)20(24)12-6-10(32(28,29)30)2-4-16(12)22-18/h1-8H,(H,21,23)(H,22,24)(H,25,26,27)(H,28,29,30). The molecule has 2 heterocycles. The van der Waals surface area contributed by atoms with Crippen molar-refractivity contribution in [3.8, 4) is 0 Å². The summed E-state index contributed by atoms with van der Waals surface area (Å²) in [5, 5.41) is 0.178. The van der Waals surface area contributed by atoms with E-state index in [9.17, 15) is 35.5 Å². The second-order valence-electron chi connectivity index (χ2n) is 7.22. The van der Waals surface area contributed by atoms with E-state index in [1.54, 1.807) is 6.07 Å². The van der Waals surface area contributed by atoms with Gasteiger partial charge in [0.15, 0.2) is 10.9 Å². The van der Waals surface area contributed by atoms with E-state index in [1.807, 2.05) is 0 Å². The number of aromatic amines is 2. The zero-order chi connectivity index (χ0) is 23.0. The summed E-state index contributed by atoms with van der Waals surface area (Å²) in [4.78, 5) is 31.2. The van der Waals surface area contributed by atoms with Gasteiger partial charge in [-0.25, -0.2) is 0 Å². The van der Waals surface area contributed by atoms with Crippen molar-refractivity contribution in [2.45, 2.75) is 9.79 Å².